The molecular weight excluding hydrogens is 374 g/mol. The average molecular weight is 395 g/mol. The Morgan fingerprint density at radius 1 is 0.966 bits per heavy atom. The molecule has 7 nitrogen and oxygen atoms in total. The van der Waals surface area contributed by atoms with Crippen LogP contribution in [0.3, 0.4) is 0 Å². The minimum absolute atomic E-state index is 0.143. The maximum Gasteiger partial charge on any atom is 0.341 e. The molecule has 1 aromatic heterocycles. The molecule has 29 heavy (non-hydrogen) atoms. The molecule has 0 spiro atoms. The molecule has 0 aliphatic heterocycles. The number of furan rings is 1. The molecule has 1 heterocycles. The molecule has 0 unspecified atom stereocenters. The Hall–Kier alpha value is -3.74. The molecule has 1 amide bonds. The summed E-state index contributed by atoms with van der Waals surface area (Å²) in [7, 11) is 1.30. The van der Waals surface area contributed by atoms with Crippen LogP contribution in [0.5, 0.6) is 17.2 Å². The SMILES string of the molecule is COC(=O)c1cc(CNC(=O)COc2ccc(Oc3ccccc3)cc2)oc1C. The van der Waals surface area contributed by atoms with Crippen molar-refractivity contribution in [2.75, 3.05) is 13.7 Å². The summed E-state index contributed by atoms with van der Waals surface area (Å²) in [6.07, 6.45) is 0. The maximum absolute atomic E-state index is 12.0. The molecule has 0 radical (unpaired) electrons. The third-order valence-electron chi connectivity index (χ3n) is 4.01. The van der Waals surface area contributed by atoms with Crippen molar-refractivity contribution in [3.05, 3.63) is 77.7 Å². The molecule has 2 aromatic carbocycles. The lowest BCUT2D eigenvalue weighted by Crippen LogP contribution is -2.28. The van der Waals surface area contributed by atoms with E-state index in [4.69, 9.17) is 13.9 Å². The first-order valence-electron chi connectivity index (χ1n) is 8.95. The normalized spacial score (nSPS) is 10.3. The first kappa shape index (κ1) is 20.0. The van der Waals surface area contributed by atoms with E-state index in [0.717, 1.165) is 5.75 Å². The first-order chi connectivity index (χ1) is 14.0. The van der Waals surface area contributed by atoms with Crippen molar-refractivity contribution in [1.29, 1.82) is 0 Å². The fourth-order valence-electron chi connectivity index (χ4n) is 2.56. The number of benzene rings is 2. The largest absolute Gasteiger partial charge is 0.484 e. The van der Waals surface area contributed by atoms with Gasteiger partial charge in [0.15, 0.2) is 6.61 Å². The number of carbonyl (C=O) groups is 2. The zero-order chi connectivity index (χ0) is 20.6. The number of hydrogen-bond acceptors (Lipinski definition) is 6. The van der Waals surface area contributed by atoms with Crippen LogP contribution in [0.4, 0.5) is 0 Å². The van der Waals surface area contributed by atoms with Crippen LogP contribution in [-0.2, 0) is 16.1 Å². The van der Waals surface area contributed by atoms with Gasteiger partial charge >= 0.3 is 5.97 Å². The van der Waals surface area contributed by atoms with E-state index in [1.54, 1.807) is 37.3 Å². The molecule has 0 fully saturated rings. The lowest BCUT2D eigenvalue weighted by molar-refractivity contribution is -0.123. The van der Waals surface area contributed by atoms with Crippen LogP contribution in [0.1, 0.15) is 21.9 Å². The highest BCUT2D eigenvalue weighted by Gasteiger charge is 2.15. The van der Waals surface area contributed by atoms with E-state index >= 15 is 0 Å². The van der Waals surface area contributed by atoms with Gasteiger partial charge in [-0.05, 0) is 49.4 Å². The number of nitrogens with one attached hydrogen (secondary N) is 1. The summed E-state index contributed by atoms with van der Waals surface area (Å²) in [5, 5.41) is 2.68. The Labute approximate surface area is 168 Å². The maximum atomic E-state index is 12.0. The zero-order valence-corrected chi connectivity index (χ0v) is 16.1. The second-order valence-corrected chi connectivity index (χ2v) is 6.13. The highest BCUT2D eigenvalue weighted by atomic mass is 16.5. The highest BCUT2D eigenvalue weighted by molar-refractivity contribution is 5.90. The number of esters is 1. The number of methoxy groups -OCH3 is 1. The zero-order valence-electron chi connectivity index (χ0n) is 16.1. The Kier molecular flexibility index (Phi) is 6.52. The summed E-state index contributed by atoms with van der Waals surface area (Å²) in [5.74, 6) is 2.05. The summed E-state index contributed by atoms with van der Waals surface area (Å²) >= 11 is 0. The molecule has 0 saturated carbocycles. The van der Waals surface area contributed by atoms with Gasteiger partial charge in [0.05, 0.1) is 13.7 Å². The summed E-state index contributed by atoms with van der Waals surface area (Å²) < 4.78 is 21.3. The Morgan fingerprint density at radius 3 is 2.31 bits per heavy atom. The lowest BCUT2D eigenvalue weighted by atomic mass is 10.2. The standard InChI is InChI=1S/C22H21NO6/c1-15-20(22(25)26-2)12-19(28-15)13-23-21(24)14-27-16-8-10-18(11-9-16)29-17-6-4-3-5-7-17/h3-12H,13-14H2,1-2H3,(H,23,24). The number of amides is 1. The molecule has 0 aliphatic rings. The van der Waals surface area contributed by atoms with E-state index < -0.39 is 5.97 Å². The molecule has 0 aliphatic carbocycles. The molecule has 0 bridgehead atoms. The lowest BCUT2D eigenvalue weighted by Gasteiger charge is -2.08. The van der Waals surface area contributed by atoms with E-state index in [1.807, 2.05) is 30.3 Å². The van der Waals surface area contributed by atoms with Crippen molar-refractivity contribution in [3.63, 3.8) is 0 Å². The fourth-order valence-corrected chi connectivity index (χ4v) is 2.56. The molecule has 1 N–H and O–H groups in total. The molecule has 7 heteroatoms. The van der Waals surface area contributed by atoms with Crippen LogP contribution in [-0.4, -0.2) is 25.6 Å². The van der Waals surface area contributed by atoms with Gasteiger partial charge in [0.2, 0.25) is 0 Å². The third-order valence-corrected chi connectivity index (χ3v) is 4.01. The van der Waals surface area contributed by atoms with Crippen molar-refractivity contribution in [2.45, 2.75) is 13.5 Å². The Morgan fingerprint density at radius 2 is 1.62 bits per heavy atom. The van der Waals surface area contributed by atoms with Crippen LogP contribution in [0.2, 0.25) is 0 Å². The predicted octanol–water partition coefficient (Wildman–Crippen LogP) is 3.86. The van der Waals surface area contributed by atoms with Crippen LogP contribution in [0, 0.1) is 6.92 Å². The number of ether oxygens (including phenoxy) is 3. The predicted molar refractivity (Wildman–Crippen MR) is 105 cm³/mol. The Bertz CT molecular complexity index is 963. The third kappa shape index (κ3) is 5.62. The quantitative estimate of drug-likeness (QED) is 0.583. The van der Waals surface area contributed by atoms with E-state index in [0.29, 0.717) is 28.6 Å². The summed E-state index contributed by atoms with van der Waals surface area (Å²) in [4.78, 5) is 23.6. The monoisotopic (exact) mass is 395 g/mol. The second-order valence-electron chi connectivity index (χ2n) is 6.13. The fraction of sp³-hybridized carbons (Fsp3) is 0.182. The van der Waals surface area contributed by atoms with Gasteiger partial charge in [-0.3, -0.25) is 4.79 Å². The number of rotatable bonds is 8. The molecule has 0 atom stereocenters. The number of para-hydroxylation sites is 1. The number of carbonyl (C=O) groups excluding carboxylic acids is 2. The van der Waals surface area contributed by atoms with Crippen molar-refractivity contribution < 1.29 is 28.2 Å². The van der Waals surface area contributed by atoms with E-state index in [1.165, 1.54) is 7.11 Å². The first-order valence-corrected chi connectivity index (χ1v) is 8.95. The Balaban J connectivity index is 1.45. The highest BCUT2D eigenvalue weighted by Crippen LogP contribution is 2.23. The molecule has 3 aromatic rings. The van der Waals surface area contributed by atoms with Gasteiger partial charge in [-0.25, -0.2) is 4.79 Å². The van der Waals surface area contributed by atoms with Gasteiger partial charge < -0.3 is 23.9 Å². The van der Waals surface area contributed by atoms with Crippen LogP contribution in [0.15, 0.2) is 65.1 Å². The summed E-state index contributed by atoms with van der Waals surface area (Å²) in [6, 6.07) is 18.0. The minimum Gasteiger partial charge on any atom is -0.484 e. The van der Waals surface area contributed by atoms with Crippen molar-refractivity contribution in [2.24, 2.45) is 0 Å². The molecule has 3 rings (SSSR count). The molecule has 0 saturated heterocycles. The van der Waals surface area contributed by atoms with Gasteiger partial charge in [0.1, 0.15) is 34.3 Å². The van der Waals surface area contributed by atoms with Crippen LogP contribution >= 0.6 is 0 Å². The minimum atomic E-state index is -0.480. The molecular formula is C22H21NO6. The van der Waals surface area contributed by atoms with Gasteiger partial charge in [-0.15, -0.1) is 0 Å². The van der Waals surface area contributed by atoms with Crippen LogP contribution < -0.4 is 14.8 Å². The van der Waals surface area contributed by atoms with E-state index in [-0.39, 0.29) is 19.1 Å². The van der Waals surface area contributed by atoms with Crippen molar-refractivity contribution in [3.8, 4) is 17.2 Å². The smallest absolute Gasteiger partial charge is 0.341 e. The van der Waals surface area contributed by atoms with Gasteiger partial charge in [0.25, 0.3) is 5.91 Å². The van der Waals surface area contributed by atoms with Crippen molar-refractivity contribution >= 4 is 11.9 Å². The van der Waals surface area contributed by atoms with Gasteiger partial charge in [-0.1, -0.05) is 18.2 Å². The second kappa shape index (κ2) is 9.45. The van der Waals surface area contributed by atoms with Crippen molar-refractivity contribution in [1.82, 2.24) is 5.32 Å². The number of aryl methyl sites for hydroxylation is 1. The van der Waals surface area contributed by atoms with Gasteiger partial charge in [-0.2, -0.15) is 0 Å². The van der Waals surface area contributed by atoms with E-state index in [2.05, 4.69) is 10.1 Å². The summed E-state index contributed by atoms with van der Waals surface area (Å²) in [6.45, 7) is 1.65. The topological polar surface area (TPSA) is 87.0 Å². The summed E-state index contributed by atoms with van der Waals surface area (Å²) in [5.41, 5.74) is 0.339. The van der Waals surface area contributed by atoms with E-state index in [9.17, 15) is 9.59 Å². The number of hydrogen-bond donors (Lipinski definition) is 1. The average Bonchev–Trinajstić information content (AvgIpc) is 3.12. The van der Waals surface area contributed by atoms with Crippen LogP contribution in [0.25, 0.3) is 0 Å². The molecule has 150 valence electrons. The van der Waals surface area contributed by atoms with Gasteiger partial charge in [0, 0.05) is 0 Å².